The second-order valence-corrected chi connectivity index (χ2v) is 7.61. The van der Waals surface area contributed by atoms with Crippen molar-refractivity contribution in [2.75, 3.05) is 32.7 Å². The minimum atomic E-state index is 0.118. The molecule has 22 heavy (non-hydrogen) atoms. The predicted molar refractivity (Wildman–Crippen MR) is 91.2 cm³/mol. The van der Waals surface area contributed by atoms with Crippen LogP contribution in [0.3, 0.4) is 0 Å². The van der Waals surface area contributed by atoms with Gasteiger partial charge in [0, 0.05) is 24.5 Å². The summed E-state index contributed by atoms with van der Waals surface area (Å²) in [5.41, 5.74) is 0. The molecule has 1 aromatic heterocycles. The first-order valence-corrected chi connectivity index (χ1v) is 9.42. The van der Waals surface area contributed by atoms with E-state index in [9.17, 15) is 4.79 Å². The van der Waals surface area contributed by atoms with Gasteiger partial charge < -0.3 is 10.2 Å². The molecule has 122 valence electrons. The molecule has 2 fully saturated rings. The smallest absolute Gasteiger partial charge is 0.317 e. The Morgan fingerprint density at radius 2 is 2.05 bits per heavy atom. The van der Waals surface area contributed by atoms with Gasteiger partial charge in [0.25, 0.3) is 0 Å². The monoisotopic (exact) mass is 321 g/mol. The molecule has 0 aliphatic carbocycles. The maximum absolute atomic E-state index is 12.4. The molecule has 1 aromatic rings. The fourth-order valence-corrected chi connectivity index (χ4v) is 4.31. The van der Waals surface area contributed by atoms with Crippen LogP contribution in [0.5, 0.6) is 0 Å². The second kappa shape index (κ2) is 7.47. The zero-order valence-corrected chi connectivity index (χ0v) is 14.3. The number of piperidine rings is 1. The van der Waals surface area contributed by atoms with Crippen molar-refractivity contribution in [3.05, 3.63) is 22.4 Å². The van der Waals surface area contributed by atoms with E-state index in [4.69, 9.17) is 0 Å². The lowest BCUT2D eigenvalue weighted by molar-refractivity contribution is 0.168. The van der Waals surface area contributed by atoms with Crippen molar-refractivity contribution in [3.63, 3.8) is 0 Å². The van der Waals surface area contributed by atoms with Gasteiger partial charge in [-0.1, -0.05) is 13.0 Å². The summed E-state index contributed by atoms with van der Waals surface area (Å²) in [5, 5.41) is 5.32. The lowest BCUT2D eigenvalue weighted by atomic mass is 10.00. The van der Waals surface area contributed by atoms with Crippen LogP contribution in [0.15, 0.2) is 17.5 Å². The second-order valence-electron chi connectivity index (χ2n) is 6.63. The lowest BCUT2D eigenvalue weighted by Gasteiger charge is -2.32. The maximum Gasteiger partial charge on any atom is 0.317 e. The van der Waals surface area contributed by atoms with E-state index in [2.05, 4.69) is 34.7 Å². The highest BCUT2D eigenvalue weighted by Gasteiger charge is 2.26. The number of hydrogen-bond acceptors (Lipinski definition) is 3. The molecule has 2 amide bonds. The Balaban J connectivity index is 1.56. The zero-order valence-electron chi connectivity index (χ0n) is 13.5. The van der Waals surface area contributed by atoms with Gasteiger partial charge in [0.05, 0.1) is 6.04 Å². The Morgan fingerprint density at radius 1 is 1.32 bits per heavy atom. The van der Waals surface area contributed by atoms with Crippen molar-refractivity contribution >= 4 is 17.4 Å². The van der Waals surface area contributed by atoms with E-state index in [1.165, 1.54) is 17.7 Å². The van der Waals surface area contributed by atoms with Crippen molar-refractivity contribution in [2.45, 2.75) is 38.6 Å². The number of thiophene rings is 1. The van der Waals surface area contributed by atoms with Gasteiger partial charge in [0.2, 0.25) is 0 Å². The molecule has 5 heteroatoms. The molecular weight excluding hydrogens is 294 g/mol. The maximum atomic E-state index is 12.4. The van der Waals surface area contributed by atoms with Crippen molar-refractivity contribution in [1.82, 2.24) is 15.1 Å². The molecule has 1 N–H and O–H groups in total. The van der Waals surface area contributed by atoms with Crippen LogP contribution in [0, 0.1) is 5.92 Å². The SMILES string of the molecule is CC1CCN(C(=O)NCC(c2cccs2)N2CCCC2)CC1. The van der Waals surface area contributed by atoms with Gasteiger partial charge in [0.15, 0.2) is 0 Å². The number of rotatable bonds is 4. The number of nitrogens with one attached hydrogen (secondary N) is 1. The fourth-order valence-electron chi connectivity index (χ4n) is 3.45. The number of amides is 2. The van der Waals surface area contributed by atoms with E-state index in [1.807, 2.05) is 4.90 Å². The molecule has 0 saturated carbocycles. The Morgan fingerprint density at radius 3 is 2.68 bits per heavy atom. The zero-order chi connectivity index (χ0) is 15.4. The first-order chi connectivity index (χ1) is 10.7. The van der Waals surface area contributed by atoms with Gasteiger partial charge in [-0.15, -0.1) is 11.3 Å². The van der Waals surface area contributed by atoms with E-state index in [0.29, 0.717) is 6.04 Å². The van der Waals surface area contributed by atoms with Gasteiger partial charge in [-0.3, -0.25) is 4.90 Å². The molecule has 2 saturated heterocycles. The van der Waals surface area contributed by atoms with Crippen LogP contribution in [0.1, 0.15) is 43.5 Å². The molecule has 0 bridgehead atoms. The molecular formula is C17H27N3OS. The quantitative estimate of drug-likeness (QED) is 0.923. The Bertz CT molecular complexity index is 462. The molecule has 1 atom stereocenters. The number of carbonyl (C=O) groups is 1. The molecule has 3 rings (SSSR count). The van der Waals surface area contributed by atoms with E-state index < -0.39 is 0 Å². The molecule has 0 aromatic carbocycles. The average molecular weight is 321 g/mol. The first kappa shape index (κ1) is 15.8. The Labute approximate surface area is 137 Å². The lowest BCUT2D eigenvalue weighted by Crippen LogP contribution is -2.46. The summed E-state index contributed by atoms with van der Waals surface area (Å²) in [4.78, 5) is 18.3. The minimum Gasteiger partial charge on any atom is -0.336 e. The Hall–Kier alpha value is -1.07. The summed E-state index contributed by atoms with van der Waals surface area (Å²) in [7, 11) is 0. The standard InChI is InChI=1S/C17H27N3OS/c1-14-6-10-20(11-7-14)17(21)18-13-15(16-5-4-12-22-16)19-8-2-3-9-19/h4-5,12,14-15H,2-3,6-11,13H2,1H3,(H,18,21). The van der Waals surface area contributed by atoms with Crippen molar-refractivity contribution < 1.29 is 4.79 Å². The van der Waals surface area contributed by atoms with Gasteiger partial charge in [-0.25, -0.2) is 4.79 Å². The van der Waals surface area contributed by atoms with Crippen molar-refractivity contribution in [3.8, 4) is 0 Å². The predicted octanol–water partition coefficient (Wildman–Crippen LogP) is 3.33. The summed E-state index contributed by atoms with van der Waals surface area (Å²) < 4.78 is 0. The van der Waals surface area contributed by atoms with E-state index >= 15 is 0 Å². The number of carbonyl (C=O) groups excluding carboxylic acids is 1. The summed E-state index contributed by atoms with van der Waals surface area (Å²) in [6, 6.07) is 4.77. The topological polar surface area (TPSA) is 35.6 Å². The fraction of sp³-hybridized carbons (Fsp3) is 0.706. The van der Waals surface area contributed by atoms with Crippen molar-refractivity contribution in [1.29, 1.82) is 0 Å². The molecule has 3 heterocycles. The van der Waals surface area contributed by atoms with Crippen LogP contribution < -0.4 is 5.32 Å². The Kier molecular flexibility index (Phi) is 5.37. The molecule has 2 aliphatic heterocycles. The molecule has 2 aliphatic rings. The summed E-state index contributed by atoms with van der Waals surface area (Å²) >= 11 is 1.80. The number of likely N-dealkylation sites (tertiary alicyclic amines) is 2. The number of nitrogens with zero attached hydrogens (tertiary/aromatic N) is 2. The van der Waals surface area contributed by atoms with Crippen LogP contribution in [-0.2, 0) is 0 Å². The van der Waals surface area contributed by atoms with Crippen LogP contribution in [-0.4, -0.2) is 48.6 Å². The van der Waals surface area contributed by atoms with Crippen LogP contribution in [0.25, 0.3) is 0 Å². The van der Waals surface area contributed by atoms with Gasteiger partial charge >= 0.3 is 6.03 Å². The normalized spacial score (nSPS) is 22.0. The van der Waals surface area contributed by atoms with Gasteiger partial charge in [-0.05, 0) is 56.1 Å². The minimum absolute atomic E-state index is 0.118. The molecule has 0 spiro atoms. The van der Waals surface area contributed by atoms with Gasteiger partial charge in [-0.2, -0.15) is 0 Å². The number of hydrogen-bond donors (Lipinski definition) is 1. The highest BCUT2D eigenvalue weighted by atomic mass is 32.1. The molecule has 0 radical (unpaired) electrons. The van der Waals surface area contributed by atoms with E-state index in [0.717, 1.165) is 51.5 Å². The highest BCUT2D eigenvalue weighted by Crippen LogP contribution is 2.28. The van der Waals surface area contributed by atoms with Crippen LogP contribution in [0.2, 0.25) is 0 Å². The third-order valence-electron chi connectivity index (χ3n) is 4.97. The summed E-state index contributed by atoms with van der Waals surface area (Å²) in [6.07, 6.45) is 4.82. The first-order valence-electron chi connectivity index (χ1n) is 8.54. The summed E-state index contributed by atoms with van der Waals surface area (Å²) in [5.74, 6) is 0.757. The van der Waals surface area contributed by atoms with E-state index in [1.54, 1.807) is 11.3 Å². The van der Waals surface area contributed by atoms with Crippen LogP contribution in [0.4, 0.5) is 4.79 Å². The molecule has 4 nitrogen and oxygen atoms in total. The summed E-state index contributed by atoms with van der Waals surface area (Å²) in [6.45, 7) is 7.11. The average Bonchev–Trinajstić information content (AvgIpc) is 3.22. The third-order valence-corrected chi connectivity index (χ3v) is 5.94. The highest BCUT2D eigenvalue weighted by molar-refractivity contribution is 7.10. The van der Waals surface area contributed by atoms with Crippen LogP contribution >= 0.6 is 11.3 Å². The third kappa shape index (κ3) is 3.82. The van der Waals surface area contributed by atoms with Crippen molar-refractivity contribution in [2.24, 2.45) is 5.92 Å². The molecule has 1 unspecified atom stereocenters. The van der Waals surface area contributed by atoms with E-state index in [-0.39, 0.29) is 6.03 Å². The number of urea groups is 1. The van der Waals surface area contributed by atoms with Gasteiger partial charge in [0.1, 0.15) is 0 Å². The largest absolute Gasteiger partial charge is 0.336 e.